The van der Waals surface area contributed by atoms with Crippen molar-refractivity contribution in [3.05, 3.63) is 40.9 Å². The fraction of sp³-hybridized carbons (Fsp3) is 0.375. The fourth-order valence-electron chi connectivity index (χ4n) is 2.00. The Labute approximate surface area is 139 Å². The monoisotopic (exact) mass is 335 g/mol. The number of anilines is 1. The Morgan fingerprint density at radius 1 is 1.48 bits per heavy atom. The van der Waals surface area contributed by atoms with E-state index in [1.165, 1.54) is 11.3 Å². The molecule has 1 heterocycles. The summed E-state index contributed by atoms with van der Waals surface area (Å²) in [6.45, 7) is 2.31. The lowest BCUT2D eigenvalue weighted by Gasteiger charge is -2.13. The van der Waals surface area contributed by atoms with Crippen molar-refractivity contribution in [1.29, 1.82) is 0 Å². The number of para-hydroxylation sites is 1. The minimum Gasteiger partial charge on any atom is -0.490 e. The summed E-state index contributed by atoms with van der Waals surface area (Å²) in [5, 5.41) is 15.0. The molecule has 2 aromatic rings. The van der Waals surface area contributed by atoms with Crippen molar-refractivity contribution in [1.82, 2.24) is 10.3 Å². The normalized spacial score (nSPS) is 11.9. The molecule has 0 bridgehead atoms. The van der Waals surface area contributed by atoms with Gasteiger partial charge >= 0.3 is 0 Å². The molecule has 0 spiro atoms. The van der Waals surface area contributed by atoms with Crippen LogP contribution in [-0.2, 0) is 11.2 Å². The Balaban J connectivity index is 1.65. The summed E-state index contributed by atoms with van der Waals surface area (Å²) in [7, 11) is 0. The third-order valence-electron chi connectivity index (χ3n) is 3.27. The van der Waals surface area contributed by atoms with E-state index in [4.69, 9.17) is 10.5 Å². The van der Waals surface area contributed by atoms with Gasteiger partial charge in [-0.3, -0.25) is 4.79 Å². The predicted octanol–water partition coefficient (Wildman–Crippen LogP) is 1.52. The first-order chi connectivity index (χ1) is 11.1. The molecule has 1 amide bonds. The molecule has 0 aliphatic rings. The molecule has 23 heavy (non-hydrogen) atoms. The Hall–Kier alpha value is -2.12. The molecule has 1 aromatic heterocycles. The van der Waals surface area contributed by atoms with Crippen molar-refractivity contribution >= 4 is 22.4 Å². The van der Waals surface area contributed by atoms with Crippen LogP contribution >= 0.6 is 11.3 Å². The molecule has 0 aliphatic carbocycles. The van der Waals surface area contributed by atoms with E-state index in [9.17, 15) is 9.90 Å². The molecule has 1 aromatic carbocycles. The van der Waals surface area contributed by atoms with E-state index in [0.29, 0.717) is 17.4 Å². The standard InChI is InChI=1S/C16H21N3O3S/c1-11-5-2-3-7-14(11)22-9-13(20)15(21)18-8-4-6-12-10-23-16(17)19-12/h2-3,5,7,10,13,20H,4,6,8-9H2,1H3,(H2,17,19)(H,18,21). The van der Waals surface area contributed by atoms with Crippen molar-refractivity contribution in [2.75, 3.05) is 18.9 Å². The summed E-state index contributed by atoms with van der Waals surface area (Å²) in [5.41, 5.74) is 7.44. The molecule has 1 atom stereocenters. The number of carbonyl (C=O) groups is 1. The average molecular weight is 335 g/mol. The van der Waals surface area contributed by atoms with Gasteiger partial charge in [0.2, 0.25) is 0 Å². The minimum absolute atomic E-state index is 0.0701. The second-order valence-electron chi connectivity index (χ2n) is 5.16. The highest BCUT2D eigenvalue weighted by molar-refractivity contribution is 7.13. The van der Waals surface area contributed by atoms with Crippen molar-refractivity contribution in [2.45, 2.75) is 25.9 Å². The molecule has 0 fully saturated rings. The molecule has 124 valence electrons. The Bertz CT molecular complexity index is 645. The van der Waals surface area contributed by atoms with Gasteiger partial charge in [0.25, 0.3) is 5.91 Å². The summed E-state index contributed by atoms with van der Waals surface area (Å²) in [4.78, 5) is 15.9. The number of ether oxygens (including phenoxy) is 1. The zero-order chi connectivity index (χ0) is 16.7. The molecule has 1 unspecified atom stereocenters. The summed E-state index contributed by atoms with van der Waals surface area (Å²) in [6, 6.07) is 7.47. The number of aromatic nitrogens is 1. The van der Waals surface area contributed by atoms with E-state index < -0.39 is 12.0 Å². The van der Waals surface area contributed by atoms with E-state index in [1.54, 1.807) is 6.07 Å². The summed E-state index contributed by atoms with van der Waals surface area (Å²) < 4.78 is 5.46. The lowest BCUT2D eigenvalue weighted by atomic mass is 10.2. The number of thiazole rings is 1. The van der Waals surface area contributed by atoms with Crippen LogP contribution in [-0.4, -0.2) is 35.3 Å². The highest BCUT2D eigenvalue weighted by Crippen LogP contribution is 2.16. The second-order valence-corrected chi connectivity index (χ2v) is 6.05. The van der Waals surface area contributed by atoms with Gasteiger partial charge in [0.05, 0.1) is 5.69 Å². The quantitative estimate of drug-likeness (QED) is 0.636. The van der Waals surface area contributed by atoms with Crippen LogP contribution in [0.5, 0.6) is 5.75 Å². The smallest absolute Gasteiger partial charge is 0.252 e. The SMILES string of the molecule is Cc1ccccc1OCC(O)C(=O)NCCCc1csc(N)n1. The molecule has 0 radical (unpaired) electrons. The highest BCUT2D eigenvalue weighted by atomic mass is 32.1. The van der Waals surface area contributed by atoms with Crippen LogP contribution in [0.15, 0.2) is 29.6 Å². The molecule has 0 aliphatic heterocycles. The average Bonchev–Trinajstić information content (AvgIpc) is 2.95. The first-order valence-corrected chi connectivity index (χ1v) is 8.28. The van der Waals surface area contributed by atoms with Crippen LogP contribution in [0.2, 0.25) is 0 Å². The molecule has 7 heteroatoms. The third kappa shape index (κ3) is 5.54. The van der Waals surface area contributed by atoms with Gasteiger partial charge in [0, 0.05) is 11.9 Å². The molecule has 0 saturated heterocycles. The number of hydrogen-bond donors (Lipinski definition) is 3. The molecule has 6 nitrogen and oxygen atoms in total. The summed E-state index contributed by atoms with van der Waals surface area (Å²) in [5.74, 6) is 0.233. The van der Waals surface area contributed by atoms with Gasteiger partial charge in [-0.15, -0.1) is 11.3 Å². The number of aryl methyl sites for hydroxylation is 2. The van der Waals surface area contributed by atoms with E-state index in [2.05, 4.69) is 10.3 Å². The van der Waals surface area contributed by atoms with Crippen LogP contribution in [0.3, 0.4) is 0 Å². The molecule has 0 saturated carbocycles. The number of aliphatic hydroxyl groups is 1. The molecule has 2 rings (SSSR count). The first kappa shape index (κ1) is 17.2. The van der Waals surface area contributed by atoms with Gasteiger partial charge in [-0.1, -0.05) is 18.2 Å². The number of nitrogens with two attached hydrogens (primary N) is 1. The fourth-order valence-corrected chi connectivity index (χ4v) is 2.60. The van der Waals surface area contributed by atoms with Gasteiger partial charge < -0.3 is 20.9 Å². The van der Waals surface area contributed by atoms with Crippen molar-refractivity contribution in [3.63, 3.8) is 0 Å². The number of aliphatic hydroxyl groups excluding tert-OH is 1. The third-order valence-corrected chi connectivity index (χ3v) is 3.99. The van der Waals surface area contributed by atoms with E-state index >= 15 is 0 Å². The zero-order valence-corrected chi connectivity index (χ0v) is 13.8. The van der Waals surface area contributed by atoms with Crippen LogP contribution in [0.4, 0.5) is 5.13 Å². The van der Waals surface area contributed by atoms with Crippen LogP contribution in [0.25, 0.3) is 0 Å². The number of nitrogen functional groups attached to an aromatic ring is 1. The van der Waals surface area contributed by atoms with E-state index in [-0.39, 0.29) is 6.61 Å². The maximum atomic E-state index is 11.8. The minimum atomic E-state index is -1.19. The molecular formula is C16H21N3O3S. The topological polar surface area (TPSA) is 97.5 Å². The van der Waals surface area contributed by atoms with Gasteiger partial charge in [-0.05, 0) is 31.4 Å². The number of carbonyl (C=O) groups excluding carboxylic acids is 1. The number of nitrogens with one attached hydrogen (secondary N) is 1. The Kier molecular flexibility index (Phi) is 6.37. The van der Waals surface area contributed by atoms with E-state index in [0.717, 1.165) is 24.1 Å². The maximum absolute atomic E-state index is 11.8. The second kappa shape index (κ2) is 8.50. The number of benzene rings is 1. The zero-order valence-electron chi connectivity index (χ0n) is 13.0. The van der Waals surface area contributed by atoms with E-state index in [1.807, 2.05) is 30.5 Å². The van der Waals surface area contributed by atoms with Crippen molar-refractivity contribution in [3.8, 4) is 5.75 Å². The number of amides is 1. The Morgan fingerprint density at radius 2 is 2.26 bits per heavy atom. The molecule has 4 N–H and O–H groups in total. The van der Waals surface area contributed by atoms with Gasteiger partial charge in [0.1, 0.15) is 12.4 Å². The number of nitrogens with zero attached hydrogens (tertiary/aromatic N) is 1. The predicted molar refractivity (Wildman–Crippen MR) is 90.5 cm³/mol. The number of hydrogen-bond acceptors (Lipinski definition) is 6. The lowest BCUT2D eigenvalue weighted by molar-refractivity contribution is -0.130. The van der Waals surface area contributed by atoms with Gasteiger partial charge in [-0.25, -0.2) is 4.98 Å². The Morgan fingerprint density at radius 3 is 2.96 bits per heavy atom. The maximum Gasteiger partial charge on any atom is 0.252 e. The lowest BCUT2D eigenvalue weighted by Crippen LogP contribution is -2.38. The summed E-state index contributed by atoms with van der Waals surface area (Å²) >= 11 is 1.40. The van der Waals surface area contributed by atoms with Crippen molar-refractivity contribution < 1.29 is 14.6 Å². The number of rotatable bonds is 8. The highest BCUT2D eigenvalue weighted by Gasteiger charge is 2.15. The van der Waals surface area contributed by atoms with Gasteiger partial charge in [0.15, 0.2) is 11.2 Å². The largest absolute Gasteiger partial charge is 0.490 e. The van der Waals surface area contributed by atoms with Crippen molar-refractivity contribution in [2.24, 2.45) is 0 Å². The first-order valence-electron chi connectivity index (χ1n) is 7.40. The van der Waals surface area contributed by atoms with Crippen LogP contribution in [0.1, 0.15) is 17.7 Å². The molecular weight excluding hydrogens is 314 g/mol. The van der Waals surface area contributed by atoms with Crippen LogP contribution in [0, 0.1) is 6.92 Å². The van der Waals surface area contributed by atoms with Crippen LogP contribution < -0.4 is 15.8 Å². The summed E-state index contributed by atoms with van der Waals surface area (Å²) in [6.07, 6.45) is 0.286. The van der Waals surface area contributed by atoms with Gasteiger partial charge in [-0.2, -0.15) is 0 Å².